The highest BCUT2D eigenvalue weighted by Gasteiger charge is 2.10. The van der Waals surface area contributed by atoms with E-state index in [-0.39, 0.29) is 5.91 Å². The molecule has 2 heteroatoms. The molecule has 0 unspecified atom stereocenters. The van der Waals surface area contributed by atoms with E-state index in [1.807, 2.05) is 6.07 Å². The zero-order chi connectivity index (χ0) is 12.5. The van der Waals surface area contributed by atoms with E-state index in [1.165, 1.54) is 54.5 Å². The van der Waals surface area contributed by atoms with E-state index in [1.54, 1.807) is 0 Å². The number of fused-ring (bicyclic) bond motifs is 2. The average molecular weight is 239 g/mol. The van der Waals surface area contributed by atoms with Gasteiger partial charge in [-0.2, -0.15) is 0 Å². The summed E-state index contributed by atoms with van der Waals surface area (Å²) in [5.41, 5.74) is 3.86. The Kier molecular flexibility index (Phi) is 2.78. The third-order valence-electron chi connectivity index (χ3n) is 3.62. The minimum absolute atomic E-state index is 0.0210. The molecule has 0 spiro atoms. The molecule has 3 rings (SSSR count). The summed E-state index contributed by atoms with van der Waals surface area (Å²) < 4.78 is 0. The zero-order valence-electron chi connectivity index (χ0n) is 10.6. The lowest BCUT2D eigenvalue weighted by atomic mass is 9.89. The summed E-state index contributed by atoms with van der Waals surface area (Å²) in [7, 11) is 0. The summed E-state index contributed by atoms with van der Waals surface area (Å²) in [6.45, 7) is 1.54. The van der Waals surface area contributed by atoms with Crippen LogP contribution in [0.3, 0.4) is 0 Å². The fourth-order valence-corrected chi connectivity index (χ4v) is 2.77. The molecule has 0 heterocycles. The first-order valence-electron chi connectivity index (χ1n) is 6.55. The molecule has 2 aromatic rings. The molecule has 1 amide bonds. The second-order valence-corrected chi connectivity index (χ2v) is 5.07. The zero-order valence-corrected chi connectivity index (χ0v) is 10.6. The van der Waals surface area contributed by atoms with Crippen LogP contribution >= 0.6 is 0 Å². The molecule has 18 heavy (non-hydrogen) atoms. The summed E-state index contributed by atoms with van der Waals surface area (Å²) >= 11 is 0. The van der Waals surface area contributed by atoms with E-state index in [4.69, 9.17) is 0 Å². The van der Waals surface area contributed by atoms with Crippen LogP contribution < -0.4 is 5.32 Å². The third-order valence-corrected chi connectivity index (χ3v) is 3.62. The summed E-state index contributed by atoms with van der Waals surface area (Å²) in [5.74, 6) is -0.0210. The van der Waals surface area contributed by atoms with Crippen molar-refractivity contribution in [2.75, 3.05) is 5.32 Å². The van der Waals surface area contributed by atoms with Crippen LogP contribution in [0, 0.1) is 0 Å². The number of nitrogens with one attached hydrogen (secondary N) is 1. The van der Waals surface area contributed by atoms with Gasteiger partial charge in [0.2, 0.25) is 5.91 Å². The van der Waals surface area contributed by atoms with Crippen LogP contribution in [-0.2, 0) is 17.6 Å². The Morgan fingerprint density at radius 1 is 1.00 bits per heavy atom. The van der Waals surface area contributed by atoms with Crippen LogP contribution in [0.1, 0.15) is 30.9 Å². The molecule has 0 fully saturated rings. The van der Waals surface area contributed by atoms with Crippen LogP contribution in [0.5, 0.6) is 0 Å². The highest BCUT2D eigenvalue weighted by atomic mass is 16.1. The van der Waals surface area contributed by atoms with Gasteiger partial charge in [-0.15, -0.1) is 0 Å². The second kappa shape index (κ2) is 4.45. The molecular formula is C16H17NO. The average Bonchev–Trinajstić information content (AvgIpc) is 2.35. The molecule has 0 bridgehead atoms. The van der Waals surface area contributed by atoms with Crippen molar-refractivity contribution in [1.82, 2.24) is 0 Å². The Hall–Kier alpha value is -1.83. The van der Waals surface area contributed by atoms with Crippen molar-refractivity contribution in [1.29, 1.82) is 0 Å². The molecule has 0 atom stereocenters. The molecule has 0 aliphatic heterocycles. The van der Waals surface area contributed by atoms with Gasteiger partial charge in [-0.1, -0.05) is 18.2 Å². The number of hydrogen-bond donors (Lipinski definition) is 1. The van der Waals surface area contributed by atoms with Crippen LogP contribution in [0.2, 0.25) is 0 Å². The Morgan fingerprint density at radius 2 is 1.67 bits per heavy atom. The summed E-state index contributed by atoms with van der Waals surface area (Å²) in [5, 5.41) is 5.33. The second-order valence-electron chi connectivity index (χ2n) is 5.07. The number of hydrogen-bond acceptors (Lipinski definition) is 1. The molecule has 1 N–H and O–H groups in total. The van der Waals surface area contributed by atoms with Crippen molar-refractivity contribution in [3.05, 3.63) is 41.5 Å². The molecule has 1 aliphatic carbocycles. The molecule has 0 saturated carbocycles. The minimum Gasteiger partial charge on any atom is -0.326 e. The highest BCUT2D eigenvalue weighted by molar-refractivity contribution is 5.93. The number of carbonyl (C=O) groups is 1. The highest BCUT2D eigenvalue weighted by Crippen LogP contribution is 2.28. The Labute approximate surface area is 107 Å². The van der Waals surface area contributed by atoms with E-state index in [0.717, 1.165) is 5.69 Å². The molecular weight excluding hydrogens is 222 g/mol. The van der Waals surface area contributed by atoms with Gasteiger partial charge >= 0.3 is 0 Å². The number of rotatable bonds is 1. The predicted molar refractivity (Wildman–Crippen MR) is 74.9 cm³/mol. The van der Waals surface area contributed by atoms with E-state index in [0.29, 0.717) is 0 Å². The van der Waals surface area contributed by atoms with Crippen molar-refractivity contribution < 1.29 is 4.79 Å². The van der Waals surface area contributed by atoms with E-state index >= 15 is 0 Å². The Bertz CT molecular complexity index is 616. The maximum atomic E-state index is 11.1. The van der Waals surface area contributed by atoms with Crippen molar-refractivity contribution in [2.24, 2.45) is 0 Å². The SMILES string of the molecule is CC(=O)Nc1ccc2cc3c(cc2c1)CCCC3. The normalized spacial score (nSPS) is 14.3. The number of benzene rings is 2. The van der Waals surface area contributed by atoms with Gasteiger partial charge in [0, 0.05) is 12.6 Å². The Morgan fingerprint density at radius 3 is 2.33 bits per heavy atom. The molecule has 0 radical (unpaired) electrons. The lowest BCUT2D eigenvalue weighted by Crippen LogP contribution is -2.06. The van der Waals surface area contributed by atoms with E-state index in [9.17, 15) is 4.79 Å². The predicted octanol–water partition coefficient (Wildman–Crippen LogP) is 3.68. The Balaban J connectivity index is 2.07. The quantitative estimate of drug-likeness (QED) is 0.808. The van der Waals surface area contributed by atoms with Gasteiger partial charge in [0.1, 0.15) is 0 Å². The lowest BCUT2D eigenvalue weighted by molar-refractivity contribution is -0.114. The molecule has 1 aliphatic rings. The van der Waals surface area contributed by atoms with Gasteiger partial charge in [-0.05, 0) is 59.7 Å². The monoisotopic (exact) mass is 239 g/mol. The van der Waals surface area contributed by atoms with Crippen molar-refractivity contribution in [2.45, 2.75) is 32.6 Å². The number of amides is 1. The van der Waals surface area contributed by atoms with Crippen LogP contribution in [-0.4, -0.2) is 5.91 Å². The van der Waals surface area contributed by atoms with Crippen molar-refractivity contribution >= 4 is 22.4 Å². The fourth-order valence-electron chi connectivity index (χ4n) is 2.77. The summed E-state index contributed by atoms with van der Waals surface area (Å²) in [4.78, 5) is 11.1. The maximum Gasteiger partial charge on any atom is 0.221 e. The van der Waals surface area contributed by atoms with Crippen LogP contribution in [0.15, 0.2) is 30.3 Å². The van der Waals surface area contributed by atoms with E-state index < -0.39 is 0 Å². The molecule has 2 nitrogen and oxygen atoms in total. The molecule has 0 aromatic heterocycles. The van der Waals surface area contributed by atoms with E-state index in [2.05, 4.69) is 29.6 Å². The third kappa shape index (κ3) is 2.10. The molecule has 92 valence electrons. The lowest BCUT2D eigenvalue weighted by Gasteiger charge is -2.16. The smallest absolute Gasteiger partial charge is 0.221 e. The largest absolute Gasteiger partial charge is 0.326 e. The first kappa shape index (κ1) is 11.3. The number of anilines is 1. The topological polar surface area (TPSA) is 29.1 Å². The molecule has 0 saturated heterocycles. The number of carbonyl (C=O) groups excluding carboxylic acids is 1. The summed E-state index contributed by atoms with van der Waals surface area (Å²) in [6, 6.07) is 10.7. The van der Waals surface area contributed by atoms with Crippen LogP contribution in [0.4, 0.5) is 5.69 Å². The van der Waals surface area contributed by atoms with Crippen LogP contribution in [0.25, 0.3) is 10.8 Å². The molecule has 2 aromatic carbocycles. The number of aryl methyl sites for hydroxylation is 2. The van der Waals surface area contributed by atoms with Gasteiger partial charge in [0.25, 0.3) is 0 Å². The maximum absolute atomic E-state index is 11.1. The van der Waals surface area contributed by atoms with Crippen molar-refractivity contribution in [3.63, 3.8) is 0 Å². The first-order valence-corrected chi connectivity index (χ1v) is 6.55. The minimum atomic E-state index is -0.0210. The van der Waals surface area contributed by atoms with Crippen molar-refractivity contribution in [3.8, 4) is 0 Å². The van der Waals surface area contributed by atoms with Gasteiger partial charge in [-0.3, -0.25) is 4.79 Å². The fraction of sp³-hybridized carbons (Fsp3) is 0.312. The van der Waals surface area contributed by atoms with Gasteiger partial charge < -0.3 is 5.32 Å². The summed E-state index contributed by atoms with van der Waals surface area (Å²) in [6.07, 6.45) is 5.00. The first-order chi connectivity index (χ1) is 8.72. The van der Waals surface area contributed by atoms with Gasteiger partial charge in [-0.25, -0.2) is 0 Å². The van der Waals surface area contributed by atoms with Gasteiger partial charge in [0.05, 0.1) is 0 Å². The van der Waals surface area contributed by atoms with Gasteiger partial charge in [0.15, 0.2) is 0 Å². The standard InChI is InChI=1S/C16H17NO/c1-11(18)17-16-7-6-14-8-12-4-2-3-5-13(12)9-15(14)10-16/h6-10H,2-5H2,1H3,(H,17,18).